The summed E-state index contributed by atoms with van der Waals surface area (Å²) in [5, 5.41) is 4.07. The van der Waals surface area contributed by atoms with Crippen molar-refractivity contribution < 1.29 is 9.47 Å². The molecular weight excluding hydrogens is 230 g/mol. The minimum atomic E-state index is 0.524. The summed E-state index contributed by atoms with van der Waals surface area (Å²) in [5.74, 6) is 2.19. The topological polar surface area (TPSA) is 62.3 Å². The first-order chi connectivity index (χ1) is 8.78. The van der Waals surface area contributed by atoms with Crippen LogP contribution >= 0.6 is 0 Å². The van der Waals surface area contributed by atoms with Crippen molar-refractivity contribution in [3.63, 3.8) is 0 Å². The third kappa shape index (κ3) is 3.41. The summed E-state index contributed by atoms with van der Waals surface area (Å²) in [6.07, 6.45) is 1.83. The van der Waals surface area contributed by atoms with Crippen LogP contribution in [0.25, 0.3) is 0 Å². The predicted octanol–water partition coefficient (Wildman–Crippen LogP) is 1.94. The lowest BCUT2D eigenvalue weighted by Crippen LogP contribution is -2.08. The van der Waals surface area contributed by atoms with Crippen LogP contribution in [-0.4, -0.2) is 23.0 Å². The number of benzene rings is 1. The Bertz CT molecular complexity index is 479. The molecule has 96 valence electrons. The first kappa shape index (κ1) is 12.3. The molecule has 0 saturated carbocycles. The van der Waals surface area contributed by atoms with E-state index in [-0.39, 0.29) is 0 Å². The fraction of sp³-hybridized carbons (Fsp3) is 0.308. The lowest BCUT2D eigenvalue weighted by Gasteiger charge is -2.07. The number of rotatable bonds is 6. The Morgan fingerprint density at radius 1 is 1.11 bits per heavy atom. The van der Waals surface area contributed by atoms with Gasteiger partial charge in [0.1, 0.15) is 23.9 Å². The van der Waals surface area contributed by atoms with E-state index in [9.17, 15) is 0 Å². The summed E-state index contributed by atoms with van der Waals surface area (Å²) in [4.78, 5) is 0. The predicted molar refractivity (Wildman–Crippen MR) is 69.7 cm³/mol. The van der Waals surface area contributed by atoms with Crippen LogP contribution in [0.15, 0.2) is 36.5 Å². The van der Waals surface area contributed by atoms with Gasteiger partial charge in [-0.2, -0.15) is 5.10 Å². The first-order valence-electron chi connectivity index (χ1n) is 5.92. The normalized spacial score (nSPS) is 10.3. The average molecular weight is 247 g/mol. The molecule has 1 heterocycles. The highest BCUT2D eigenvalue weighted by Gasteiger charge is 1.97. The maximum Gasteiger partial charge on any atom is 0.145 e. The zero-order chi connectivity index (χ0) is 12.8. The fourth-order valence-electron chi connectivity index (χ4n) is 1.56. The first-order valence-corrected chi connectivity index (χ1v) is 5.92. The van der Waals surface area contributed by atoms with Crippen molar-refractivity contribution in [2.24, 2.45) is 0 Å². The van der Waals surface area contributed by atoms with E-state index in [1.54, 1.807) is 10.7 Å². The molecule has 1 aromatic carbocycles. The average Bonchev–Trinajstić information content (AvgIpc) is 2.78. The van der Waals surface area contributed by atoms with Gasteiger partial charge in [0.25, 0.3) is 0 Å². The number of nitrogens with zero attached hydrogens (tertiary/aromatic N) is 2. The molecule has 2 aromatic rings. The molecule has 2 rings (SSSR count). The molecular formula is C13H17N3O2. The van der Waals surface area contributed by atoms with Gasteiger partial charge < -0.3 is 15.2 Å². The number of ether oxygens (including phenoxy) is 2. The molecule has 0 radical (unpaired) electrons. The summed E-state index contributed by atoms with van der Waals surface area (Å²) in [5.41, 5.74) is 5.52. The number of anilines is 1. The lowest BCUT2D eigenvalue weighted by atomic mass is 10.3. The molecule has 0 aliphatic rings. The summed E-state index contributed by atoms with van der Waals surface area (Å²) >= 11 is 0. The Morgan fingerprint density at radius 2 is 1.78 bits per heavy atom. The van der Waals surface area contributed by atoms with Crippen LogP contribution in [0.5, 0.6) is 11.5 Å². The minimum absolute atomic E-state index is 0.524. The second-order valence-corrected chi connectivity index (χ2v) is 3.76. The lowest BCUT2D eigenvalue weighted by molar-refractivity contribution is 0.290. The van der Waals surface area contributed by atoms with Crippen molar-refractivity contribution >= 4 is 5.82 Å². The van der Waals surface area contributed by atoms with E-state index in [0.29, 0.717) is 25.6 Å². The van der Waals surface area contributed by atoms with Crippen LogP contribution in [0.1, 0.15) is 6.92 Å². The Morgan fingerprint density at radius 3 is 2.33 bits per heavy atom. The summed E-state index contributed by atoms with van der Waals surface area (Å²) in [6.45, 7) is 3.85. The third-order valence-corrected chi connectivity index (χ3v) is 2.39. The number of nitrogens with two attached hydrogens (primary N) is 1. The van der Waals surface area contributed by atoms with Crippen LogP contribution in [-0.2, 0) is 6.54 Å². The van der Waals surface area contributed by atoms with Crippen LogP contribution in [0, 0.1) is 0 Å². The van der Waals surface area contributed by atoms with Crippen molar-refractivity contribution in [1.82, 2.24) is 9.78 Å². The van der Waals surface area contributed by atoms with Gasteiger partial charge in [0, 0.05) is 6.20 Å². The molecule has 18 heavy (non-hydrogen) atoms. The highest BCUT2D eigenvalue weighted by atomic mass is 16.5. The van der Waals surface area contributed by atoms with Crippen LogP contribution < -0.4 is 15.2 Å². The molecule has 0 saturated heterocycles. The maximum absolute atomic E-state index is 5.60. The Kier molecular flexibility index (Phi) is 4.06. The molecule has 0 aliphatic heterocycles. The Hall–Kier alpha value is -2.17. The molecule has 0 fully saturated rings. The van der Waals surface area contributed by atoms with Crippen LogP contribution in [0.2, 0.25) is 0 Å². The quantitative estimate of drug-likeness (QED) is 0.847. The zero-order valence-electron chi connectivity index (χ0n) is 10.4. The second kappa shape index (κ2) is 5.95. The molecule has 1 aromatic heterocycles. The Labute approximate surface area is 106 Å². The summed E-state index contributed by atoms with van der Waals surface area (Å²) in [7, 11) is 0. The van der Waals surface area contributed by atoms with E-state index >= 15 is 0 Å². The van der Waals surface area contributed by atoms with E-state index < -0.39 is 0 Å². The highest BCUT2D eigenvalue weighted by molar-refractivity contribution is 5.31. The van der Waals surface area contributed by atoms with E-state index in [0.717, 1.165) is 11.5 Å². The van der Waals surface area contributed by atoms with Crippen LogP contribution in [0.3, 0.4) is 0 Å². The molecule has 5 heteroatoms. The van der Waals surface area contributed by atoms with Gasteiger partial charge in [-0.1, -0.05) is 0 Å². The molecule has 0 atom stereocenters. The number of hydrogen-bond donors (Lipinski definition) is 1. The van der Waals surface area contributed by atoms with Gasteiger partial charge in [-0.15, -0.1) is 0 Å². The number of hydrogen-bond acceptors (Lipinski definition) is 4. The molecule has 5 nitrogen and oxygen atoms in total. The van der Waals surface area contributed by atoms with Gasteiger partial charge >= 0.3 is 0 Å². The highest BCUT2D eigenvalue weighted by Crippen LogP contribution is 2.17. The Balaban J connectivity index is 1.79. The molecule has 0 aliphatic carbocycles. The van der Waals surface area contributed by atoms with Gasteiger partial charge in [-0.05, 0) is 37.3 Å². The molecule has 0 unspecified atom stereocenters. The third-order valence-electron chi connectivity index (χ3n) is 2.39. The van der Waals surface area contributed by atoms with Gasteiger partial charge in [0.15, 0.2) is 0 Å². The maximum atomic E-state index is 5.60. The summed E-state index contributed by atoms with van der Waals surface area (Å²) < 4.78 is 12.7. The fourth-order valence-corrected chi connectivity index (χ4v) is 1.56. The van der Waals surface area contributed by atoms with Crippen LogP contribution in [0.4, 0.5) is 5.82 Å². The van der Waals surface area contributed by atoms with Crippen molar-refractivity contribution in [3.05, 3.63) is 36.5 Å². The van der Waals surface area contributed by atoms with Crippen molar-refractivity contribution in [3.8, 4) is 11.5 Å². The standard InChI is InChI=1S/C13H17N3O2/c1-2-17-11-3-5-12(6-4-11)18-10-9-16-8-7-13(14)15-16/h3-8H,2,9-10H2,1H3,(H2,14,15). The van der Waals surface area contributed by atoms with Gasteiger partial charge in [-0.3, -0.25) is 4.68 Å². The molecule has 0 spiro atoms. The summed E-state index contributed by atoms with van der Waals surface area (Å²) in [6, 6.07) is 9.33. The van der Waals surface area contributed by atoms with E-state index in [4.69, 9.17) is 15.2 Å². The van der Waals surface area contributed by atoms with Crippen molar-refractivity contribution in [2.75, 3.05) is 18.9 Å². The van der Waals surface area contributed by atoms with E-state index in [2.05, 4.69) is 5.10 Å². The van der Waals surface area contributed by atoms with Crippen molar-refractivity contribution in [1.29, 1.82) is 0 Å². The van der Waals surface area contributed by atoms with Gasteiger partial charge in [-0.25, -0.2) is 0 Å². The smallest absolute Gasteiger partial charge is 0.145 e. The van der Waals surface area contributed by atoms with Gasteiger partial charge in [0.2, 0.25) is 0 Å². The SMILES string of the molecule is CCOc1ccc(OCCn2ccc(N)n2)cc1. The minimum Gasteiger partial charge on any atom is -0.494 e. The van der Waals surface area contributed by atoms with E-state index in [1.807, 2.05) is 37.4 Å². The zero-order valence-corrected chi connectivity index (χ0v) is 10.4. The van der Waals surface area contributed by atoms with E-state index in [1.165, 1.54) is 0 Å². The number of aromatic nitrogens is 2. The van der Waals surface area contributed by atoms with Crippen molar-refractivity contribution in [2.45, 2.75) is 13.5 Å². The molecule has 0 amide bonds. The molecule has 2 N–H and O–H groups in total. The molecule has 0 bridgehead atoms. The van der Waals surface area contributed by atoms with Gasteiger partial charge in [0.05, 0.1) is 13.2 Å². The second-order valence-electron chi connectivity index (χ2n) is 3.76. The number of nitrogen functional groups attached to an aromatic ring is 1. The largest absolute Gasteiger partial charge is 0.494 e. The monoisotopic (exact) mass is 247 g/mol.